The Labute approximate surface area is 147 Å². The molecule has 0 bridgehead atoms. The van der Waals surface area contributed by atoms with Crippen molar-refractivity contribution >= 4 is 40.9 Å². The molecule has 0 radical (unpaired) electrons. The highest BCUT2D eigenvalue weighted by Crippen LogP contribution is 2.37. The lowest BCUT2D eigenvalue weighted by atomic mass is 9.95. The summed E-state index contributed by atoms with van der Waals surface area (Å²) in [6, 6.07) is 21.5. The normalized spacial score (nSPS) is 20.3. The van der Waals surface area contributed by atoms with Gasteiger partial charge >= 0.3 is 0 Å². The van der Waals surface area contributed by atoms with Gasteiger partial charge < -0.3 is 5.32 Å². The van der Waals surface area contributed by atoms with Crippen LogP contribution in [0.1, 0.15) is 30.1 Å². The van der Waals surface area contributed by atoms with Gasteiger partial charge in [0.05, 0.1) is 6.04 Å². The van der Waals surface area contributed by atoms with Crippen molar-refractivity contribution in [3.05, 3.63) is 71.8 Å². The molecule has 4 heteroatoms. The minimum atomic E-state index is 0. The van der Waals surface area contributed by atoms with Crippen LogP contribution in [0, 0.1) is 0 Å². The maximum Gasteiger partial charge on any atom is 0.157 e. The number of hydrogen-bond acceptors (Lipinski definition) is 3. The average Bonchev–Trinajstić information content (AvgIpc) is 2.93. The Morgan fingerprint density at radius 2 is 1.52 bits per heavy atom. The molecule has 0 saturated heterocycles. The Kier molecular flexibility index (Phi) is 6.11. The molecule has 1 aliphatic heterocycles. The number of nitrogens with one attached hydrogen (secondary N) is 1. The molecule has 3 rings (SSSR count). The van der Waals surface area contributed by atoms with E-state index in [-0.39, 0.29) is 36.1 Å². The number of aliphatic imine (C=N–C) groups is 1. The summed E-state index contributed by atoms with van der Waals surface area (Å²) in [4.78, 5) is 4.87. The van der Waals surface area contributed by atoms with E-state index in [9.17, 15) is 0 Å². The number of benzene rings is 2. The highest BCUT2D eigenvalue weighted by molar-refractivity contribution is 14.0. The quantitative estimate of drug-likeness (QED) is 0.736. The second kappa shape index (κ2) is 7.84. The molecule has 0 amide bonds. The van der Waals surface area contributed by atoms with Gasteiger partial charge in [-0.1, -0.05) is 79.3 Å². The van der Waals surface area contributed by atoms with Crippen molar-refractivity contribution in [2.75, 3.05) is 5.75 Å². The van der Waals surface area contributed by atoms with Crippen molar-refractivity contribution in [2.24, 2.45) is 4.99 Å². The smallest absolute Gasteiger partial charge is 0.157 e. The molecule has 0 fully saturated rings. The lowest BCUT2D eigenvalue weighted by Crippen LogP contribution is -2.22. The predicted octanol–water partition coefficient (Wildman–Crippen LogP) is 4.80. The number of nitrogens with zero attached hydrogens (tertiary/aromatic N) is 1. The predicted molar refractivity (Wildman–Crippen MR) is 102 cm³/mol. The molecule has 110 valence electrons. The SMILES string of the molecule is CCSC1=N[C@@H](c2ccccc2)[C@H](c2ccccc2)N1.I. The molecule has 2 aromatic rings. The fourth-order valence-electron chi connectivity index (χ4n) is 2.51. The second-order valence-electron chi connectivity index (χ2n) is 4.76. The van der Waals surface area contributed by atoms with Gasteiger partial charge in [-0.15, -0.1) is 24.0 Å². The fourth-order valence-corrected chi connectivity index (χ4v) is 3.18. The highest BCUT2D eigenvalue weighted by Gasteiger charge is 2.30. The third-order valence-electron chi connectivity index (χ3n) is 3.43. The van der Waals surface area contributed by atoms with Crippen LogP contribution in [0.25, 0.3) is 0 Å². The Morgan fingerprint density at radius 3 is 2.10 bits per heavy atom. The largest absolute Gasteiger partial charge is 0.356 e. The van der Waals surface area contributed by atoms with E-state index in [0.29, 0.717) is 0 Å². The summed E-state index contributed by atoms with van der Waals surface area (Å²) in [6.07, 6.45) is 0. The summed E-state index contributed by atoms with van der Waals surface area (Å²) < 4.78 is 0. The first-order valence-electron chi connectivity index (χ1n) is 6.95. The summed E-state index contributed by atoms with van der Waals surface area (Å²) >= 11 is 1.77. The van der Waals surface area contributed by atoms with Gasteiger partial charge in [0, 0.05) is 0 Å². The number of amidine groups is 1. The average molecular weight is 410 g/mol. The third kappa shape index (κ3) is 3.80. The van der Waals surface area contributed by atoms with Gasteiger partial charge in [-0.25, -0.2) is 0 Å². The van der Waals surface area contributed by atoms with E-state index in [1.165, 1.54) is 11.1 Å². The molecule has 1 aliphatic rings. The lowest BCUT2D eigenvalue weighted by Gasteiger charge is -2.19. The second-order valence-corrected chi connectivity index (χ2v) is 6.01. The molecule has 1 N–H and O–H groups in total. The van der Waals surface area contributed by atoms with Crippen molar-refractivity contribution in [1.29, 1.82) is 0 Å². The van der Waals surface area contributed by atoms with Gasteiger partial charge in [-0.3, -0.25) is 4.99 Å². The maximum absolute atomic E-state index is 4.87. The molecule has 2 aromatic carbocycles. The molecule has 0 aliphatic carbocycles. The molecular weight excluding hydrogens is 391 g/mol. The van der Waals surface area contributed by atoms with Gasteiger partial charge in [-0.05, 0) is 16.9 Å². The van der Waals surface area contributed by atoms with E-state index in [1.54, 1.807) is 11.8 Å². The van der Waals surface area contributed by atoms with Crippen LogP contribution < -0.4 is 5.32 Å². The van der Waals surface area contributed by atoms with E-state index >= 15 is 0 Å². The van der Waals surface area contributed by atoms with E-state index in [0.717, 1.165) is 10.9 Å². The van der Waals surface area contributed by atoms with Gasteiger partial charge in [0.2, 0.25) is 0 Å². The first kappa shape index (κ1) is 16.4. The lowest BCUT2D eigenvalue weighted by molar-refractivity contribution is 0.573. The Balaban J connectivity index is 0.00000161. The summed E-state index contributed by atoms with van der Waals surface area (Å²) in [5.74, 6) is 1.04. The first-order chi connectivity index (χ1) is 9.88. The van der Waals surface area contributed by atoms with Crippen molar-refractivity contribution in [3.63, 3.8) is 0 Å². The minimum Gasteiger partial charge on any atom is -0.356 e. The van der Waals surface area contributed by atoms with Crippen LogP contribution in [-0.4, -0.2) is 10.9 Å². The molecule has 0 aromatic heterocycles. The molecular formula is C17H19IN2S. The Morgan fingerprint density at radius 1 is 0.952 bits per heavy atom. The highest BCUT2D eigenvalue weighted by atomic mass is 127. The van der Waals surface area contributed by atoms with E-state index in [1.807, 2.05) is 0 Å². The summed E-state index contributed by atoms with van der Waals surface area (Å²) in [7, 11) is 0. The van der Waals surface area contributed by atoms with Gasteiger partial charge in [0.15, 0.2) is 5.17 Å². The van der Waals surface area contributed by atoms with Crippen LogP contribution in [0.2, 0.25) is 0 Å². The molecule has 2 nitrogen and oxygen atoms in total. The van der Waals surface area contributed by atoms with E-state index < -0.39 is 0 Å². The van der Waals surface area contributed by atoms with Gasteiger partial charge in [-0.2, -0.15) is 0 Å². The topological polar surface area (TPSA) is 24.4 Å². The summed E-state index contributed by atoms with van der Waals surface area (Å²) in [5.41, 5.74) is 2.55. The van der Waals surface area contributed by atoms with Crippen molar-refractivity contribution in [2.45, 2.75) is 19.0 Å². The third-order valence-corrected chi connectivity index (χ3v) is 4.22. The van der Waals surface area contributed by atoms with Crippen LogP contribution >= 0.6 is 35.7 Å². The van der Waals surface area contributed by atoms with Crippen LogP contribution in [0.15, 0.2) is 65.7 Å². The molecule has 0 spiro atoms. The number of halogens is 1. The molecule has 21 heavy (non-hydrogen) atoms. The van der Waals surface area contributed by atoms with E-state index in [4.69, 9.17) is 4.99 Å². The number of hydrogen-bond donors (Lipinski definition) is 1. The van der Waals surface area contributed by atoms with E-state index in [2.05, 4.69) is 72.9 Å². The van der Waals surface area contributed by atoms with Crippen LogP contribution in [-0.2, 0) is 0 Å². The molecule has 0 saturated carbocycles. The number of thioether (sulfide) groups is 1. The first-order valence-corrected chi connectivity index (χ1v) is 7.94. The molecule has 2 atom stereocenters. The van der Waals surface area contributed by atoms with Crippen molar-refractivity contribution in [1.82, 2.24) is 5.32 Å². The van der Waals surface area contributed by atoms with Crippen LogP contribution in [0.5, 0.6) is 0 Å². The van der Waals surface area contributed by atoms with Crippen molar-refractivity contribution in [3.8, 4) is 0 Å². The fraction of sp³-hybridized carbons (Fsp3) is 0.235. The Bertz CT molecular complexity index is 586. The number of rotatable bonds is 3. The molecule has 0 unspecified atom stereocenters. The molecule has 1 heterocycles. The maximum atomic E-state index is 4.87. The van der Waals surface area contributed by atoms with Crippen molar-refractivity contribution < 1.29 is 0 Å². The summed E-state index contributed by atoms with van der Waals surface area (Å²) in [6.45, 7) is 2.15. The van der Waals surface area contributed by atoms with Crippen LogP contribution in [0.3, 0.4) is 0 Å². The monoisotopic (exact) mass is 410 g/mol. The zero-order valence-corrected chi connectivity index (χ0v) is 15.0. The van der Waals surface area contributed by atoms with Gasteiger partial charge in [0.25, 0.3) is 0 Å². The zero-order valence-electron chi connectivity index (χ0n) is 11.9. The summed E-state index contributed by atoms with van der Waals surface area (Å²) in [5, 5.41) is 4.62. The Hall–Kier alpha value is -1.01. The zero-order chi connectivity index (χ0) is 13.8. The standard InChI is InChI=1S/C17H18N2S.HI/c1-2-20-17-18-15(13-9-5-3-6-10-13)16(19-17)14-11-7-4-8-12-14;/h3-12,15-16H,2H2,1H3,(H,18,19);1H/t15-,16-;/m0./s1. The minimum absolute atomic E-state index is 0. The van der Waals surface area contributed by atoms with Crippen LogP contribution in [0.4, 0.5) is 0 Å². The van der Waals surface area contributed by atoms with Gasteiger partial charge in [0.1, 0.15) is 6.04 Å².